The Hall–Kier alpha value is -1.34. The molecule has 82 valence electrons. The molecule has 1 heterocycles. The van der Waals surface area contributed by atoms with Gasteiger partial charge in [-0.2, -0.15) is 0 Å². The number of rotatable bonds is 1. The van der Waals surface area contributed by atoms with E-state index in [1.807, 2.05) is 12.1 Å². The Labute approximate surface area is 101 Å². The van der Waals surface area contributed by atoms with Crippen molar-refractivity contribution < 1.29 is 0 Å². The molecule has 0 amide bonds. The zero-order valence-corrected chi connectivity index (χ0v) is 10.5. The lowest BCUT2D eigenvalue weighted by Crippen LogP contribution is -1.90. The van der Waals surface area contributed by atoms with E-state index in [2.05, 4.69) is 37.9 Å². The van der Waals surface area contributed by atoms with Crippen LogP contribution in [0.15, 0.2) is 30.5 Å². The lowest BCUT2D eigenvalue weighted by molar-refractivity contribution is 1.25. The molecule has 1 aromatic heterocycles. The van der Waals surface area contributed by atoms with E-state index in [1.165, 1.54) is 16.7 Å². The fourth-order valence-corrected chi connectivity index (χ4v) is 1.84. The Morgan fingerprint density at radius 1 is 1.00 bits per heavy atom. The molecule has 0 aliphatic carbocycles. The SMILES string of the molecule is Cc1cc(-c2ccc(Cl)cn2)cc(C)c1C. The van der Waals surface area contributed by atoms with E-state index < -0.39 is 0 Å². The fourth-order valence-electron chi connectivity index (χ4n) is 1.73. The molecule has 1 nitrogen and oxygen atoms in total. The zero-order valence-electron chi connectivity index (χ0n) is 9.71. The van der Waals surface area contributed by atoms with Gasteiger partial charge in [0, 0.05) is 11.8 Å². The van der Waals surface area contributed by atoms with Gasteiger partial charge in [-0.25, -0.2) is 0 Å². The summed E-state index contributed by atoms with van der Waals surface area (Å²) in [7, 11) is 0. The predicted molar refractivity (Wildman–Crippen MR) is 68.9 cm³/mol. The molecular formula is C14H14ClN. The highest BCUT2D eigenvalue weighted by molar-refractivity contribution is 6.30. The van der Waals surface area contributed by atoms with E-state index >= 15 is 0 Å². The third-order valence-corrected chi connectivity index (χ3v) is 3.17. The van der Waals surface area contributed by atoms with Gasteiger partial charge in [0.25, 0.3) is 0 Å². The average Bonchev–Trinajstić information content (AvgIpc) is 2.26. The summed E-state index contributed by atoms with van der Waals surface area (Å²) < 4.78 is 0. The molecule has 0 saturated carbocycles. The Balaban J connectivity index is 2.52. The van der Waals surface area contributed by atoms with E-state index in [9.17, 15) is 0 Å². The summed E-state index contributed by atoms with van der Waals surface area (Å²) in [6.45, 7) is 6.40. The van der Waals surface area contributed by atoms with E-state index in [0.29, 0.717) is 5.02 Å². The topological polar surface area (TPSA) is 12.9 Å². The first-order valence-corrected chi connectivity index (χ1v) is 5.65. The maximum atomic E-state index is 5.82. The number of hydrogen-bond acceptors (Lipinski definition) is 1. The lowest BCUT2D eigenvalue weighted by Gasteiger charge is -2.08. The average molecular weight is 232 g/mol. The zero-order chi connectivity index (χ0) is 11.7. The summed E-state index contributed by atoms with van der Waals surface area (Å²) in [6, 6.07) is 8.15. The summed E-state index contributed by atoms with van der Waals surface area (Å²) in [5, 5.41) is 0.671. The molecule has 0 radical (unpaired) electrons. The molecule has 0 saturated heterocycles. The summed E-state index contributed by atoms with van der Waals surface area (Å²) in [6.07, 6.45) is 1.68. The van der Waals surface area contributed by atoms with Gasteiger partial charge in [-0.15, -0.1) is 0 Å². The Kier molecular flexibility index (Phi) is 2.97. The number of aryl methyl sites for hydroxylation is 2. The van der Waals surface area contributed by atoms with Crippen molar-refractivity contribution in [3.8, 4) is 11.3 Å². The van der Waals surface area contributed by atoms with E-state index in [0.717, 1.165) is 11.3 Å². The quantitative estimate of drug-likeness (QED) is 0.712. The summed E-state index contributed by atoms with van der Waals surface area (Å²) in [5.74, 6) is 0. The van der Waals surface area contributed by atoms with Crippen LogP contribution in [0.5, 0.6) is 0 Å². The van der Waals surface area contributed by atoms with Gasteiger partial charge in [0.15, 0.2) is 0 Å². The summed E-state index contributed by atoms with van der Waals surface area (Å²) in [4.78, 5) is 4.33. The van der Waals surface area contributed by atoms with Crippen LogP contribution in [0.4, 0.5) is 0 Å². The molecule has 0 N–H and O–H groups in total. The van der Waals surface area contributed by atoms with Crippen molar-refractivity contribution in [3.05, 3.63) is 52.2 Å². The Morgan fingerprint density at radius 2 is 1.62 bits per heavy atom. The molecule has 0 unspecified atom stereocenters. The fraction of sp³-hybridized carbons (Fsp3) is 0.214. The molecule has 0 spiro atoms. The van der Waals surface area contributed by atoms with Crippen LogP contribution in [0.1, 0.15) is 16.7 Å². The number of benzene rings is 1. The van der Waals surface area contributed by atoms with Crippen LogP contribution in [-0.4, -0.2) is 4.98 Å². The first kappa shape index (κ1) is 11.2. The van der Waals surface area contributed by atoms with Crippen LogP contribution in [0.25, 0.3) is 11.3 Å². The van der Waals surface area contributed by atoms with Gasteiger partial charge in [-0.1, -0.05) is 11.6 Å². The smallest absolute Gasteiger partial charge is 0.0703 e. The van der Waals surface area contributed by atoms with Crippen molar-refractivity contribution in [1.82, 2.24) is 4.98 Å². The predicted octanol–water partition coefficient (Wildman–Crippen LogP) is 4.33. The molecule has 2 rings (SSSR count). The van der Waals surface area contributed by atoms with Gasteiger partial charge >= 0.3 is 0 Å². The van der Waals surface area contributed by atoms with Gasteiger partial charge in [0.1, 0.15) is 0 Å². The molecule has 0 fully saturated rings. The first-order valence-electron chi connectivity index (χ1n) is 5.27. The van der Waals surface area contributed by atoms with E-state index in [4.69, 9.17) is 11.6 Å². The number of aromatic nitrogens is 1. The Morgan fingerprint density at radius 3 is 2.12 bits per heavy atom. The van der Waals surface area contributed by atoms with Crippen LogP contribution < -0.4 is 0 Å². The number of pyridine rings is 1. The second-order valence-corrected chi connectivity index (χ2v) is 4.53. The monoisotopic (exact) mass is 231 g/mol. The summed E-state index contributed by atoms with van der Waals surface area (Å²) in [5.41, 5.74) is 6.06. The third kappa shape index (κ3) is 2.10. The molecule has 2 heteroatoms. The first-order chi connectivity index (χ1) is 7.58. The molecule has 0 aliphatic heterocycles. The minimum absolute atomic E-state index is 0.671. The van der Waals surface area contributed by atoms with Gasteiger partial charge in [0.2, 0.25) is 0 Å². The molecule has 0 bridgehead atoms. The van der Waals surface area contributed by atoms with Crippen molar-refractivity contribution in [3.63, 3.8) is 0 Å². The van der Waals surface area contributed by atoms with Crippen LogP contribution in [0.2, 0.25) is 5.02 Å². The van der Waals surface area contributed by atoms with E-state index in [-0.39, 0.29) is 0 Å². The minimum Gasteiger partial charge on any atom is -0.255 e. The second kappa shape index (κ2) is 4.26. The van der Waals surface area contributed by atoms with Crippen LogP contribution >= 0.6 is 11.6 Å². The molecule has 1 aromatic carbocycles. The van der Waals surface area contributed by atoms with Crippen molar-refractivity contribution >= 4 is 11.6 Å². The number of halogens is 1. The third-order valence-electron chi connectivity index (χ3n) is 2.95. The largest absolute Gasteiger partial charge is 0.255 e. The van der Waals surface area contributed by atoms with Crippen LogP contribution in [0, 0.1) is 20.8 Å². The van der Waals surface area contributed by atoms with Gasteiger partial charge in [-0.3, -0.25) is 4.98 Å². The molecule has 0 atom stereocenters. The van der Waals surface area contributed by atoms with Crippen molar-refractivity contribution in [2.24, 2.45) is 0 Å². The van der Waals surface area contributed by atoms with Gasteiger partial charge in [0.05, 0.1) is 10.7 Å². The highest BCUT2D eigenvalue weighted by atomic mass is 35.5. The summed E-state index contributed by atoms with van der Waals surface area (Å²) >= 11 is 5.82. The molecule has 2 aromatic rings. The molecular weight excluding hydrogens is 218 g/mol. The standard InChI is InChI=1S/C14H14ClN/c1-9-6-12(7-10(2)11(9)3)14-5-4-13(15)8-16-14/h4-8H,1-3H3. The van der Waals surface area contributed by atoms with Gasteiger partial charge in [-0.05, 0) is 61.7 Å². The van der Waals surface area contributed by atoms with Crippen molar-refractivity contribution in [1.29, 1.82) is 0 Å². The molecule has 0 aliphatic rings. The minimum atomic E-state index is 0.671. The lowest BCUT2D eigenvalue weighted by atomic mass is 9.99. The highest BCUT2D eigenvalue weighted by Gasteiger charge is 2.04. The van der Waals surface area contributed by atoms with Crippen LogP contribution in [-0.2, 0) is 0 Å². The van der Waals surface area contributed by atoms with Gasteiger partial charge < -0.3 is 0 Å². The van der Waals surface area contributed by atoms with Crippen LogP contribution in [0.3, 0.4) is 0 Å². The maximum Gasteiger partial charge on any atom is 0.0703 e. The molecule has 16 heavy (non-hydrogen) atoms. The normalized spacial score (nSPS) is 10.5. The van der Waals surface area contributed by atoms with E-state index in [1.54, 1.807) is 6.20 Å². The number of hydrogen-bond donors (Lipinski definition) is 0. The number of nitrogens with zero attached hydrogens (tertiary/aromatic N) is 1. The highest BCUT2D eigenvalue weighted by Crippen LogP contribution is 2.24. The second-order valence-electron chi connectivity index (χ2n) is 4.10. The van der Waals surface area contributed by atoms with Crippen molar-refractivity contribution in [2.45, 2.75) is 20.8 Å². The Bertz CT molecular complexity index is 492. The maximum absolute atomic E-state index is 5.82. The van der Waals surface area contributed by atoms with Crippen molar-refractivity contribution in [2.75, 3.05) is 0 Å².